The number of rotatable bonds is 6. The molecule has 8 aromatic heterocycles. The summed E-state index contributed by atoms with van der Waals surface area (Å²) in [6, 6.07) is 141. The lowest BCUT2D eigenvalue weighted by Crippen LogP contribution is -1.97. The van der Waals surface area contributed by atoms with Crippen LogP contribution >= 0.6 is 11.3 Å². The molecule has 0 bridgehead atoms. The molecular weight excluding hydrogens is 1640 g/mol. The number of imidazole rings is 5. The van der Waals surface area contributed by atoms with E-state index >= 15 is 0 Å². The van der Waals surface area contributed by atoms with E-state index in [2.05, 4.69) is 365 Å². The van der Waals surface area contributed by atoms with E-state index in [9.17, 15) is 0 Å². The molecule has 640 valence electrons. The zero-order valence-electron chi connectivity index (χ0n) is 74.2. The van der Waals surface area contributed by atoms with Crippen LogP contribution in [0, 0.1) is 55.4 Å². The second-order valence-corrected chi connectivity index (χ2v) is 33.1. The van der Waals surface area contributed by atoms with Gasteiger partial charge in [-0.2, -0.15) is 0 Å². The van der Waals surface area contributed by atoms with E-state index in [0.29, 0.717) is 11.8 Å². The lowest BCUT2D eigenvalue weighted by atomic mass is 10.00. The number of benzene rings is 18. The second kappa shape index (κ2) is 38.4. The lowest BCUT2D eigenvalue weighted by molar-refractivity contribution is 0.533. The number of nitrogens with zero attached hydrogens (tertiary/aromatic N) is 14. The third-order valence-corrected chi connectivity index (χ3v) is 23.9. The molecule has 0 aliphatic carbocycles. The molecule has 17 heteroatoms. The molecule has 0 saturated carbocycles. The number of fused-ring (bicyclic) bond motifs is 15. The van der Waals surface area contributed by atoms with Gasteiger partial charge < -0.3 is 8.83 Å². The molecule has 0 aliphatic heterocycles. The first-order valence-corrected chi connectivity index (χ1v) is 44.7. The Bertz CT molecular complexity index is 8390. The summed E-state index contributed by atoms with van der Waals surface area (Å²) in [5.41, 5.74) is 20.7. The fourth-order valence-corrected chi connectivity index (χ4v) is 18.0. The van der Waals surface area contributed by atoms with Gasteiger partial charge in [0.2, 0.25) is 11.8 Å². The SMILES string of the molecule is Cc1nc2c3ccccc3c3ccccc3c2n1-c1ccccc1.Cc1nc2cc3ccccc3cc2n1-c1ccccc1.Cc1nc2ccccc2n1-c1ccc2ccccc2c1.Cc1nc2ccccc2n1-c1cccc2ccccc12.Cc1nc2ccccc2n1-c1ccccc1.Cc1nc2ccccc2o1.Cc1nc2ccccc2s1.Cc1nnc(-c2ccccc2)o1. The summed E-state index contributed by atoms with van der Waals surface area (Å²) in [5.74, 6) is 6.97. The van der Waals surface area contributed by atoms with E-state index in [1.54, 1.807) is 18.3 Å². The van der Waals surface area contributed by atoms with Crippen LogP contribution in [0.3, 0.4) is 0 Å². The van der Waals surface area contributed by atoms with Gasteiger partial charge in [0.05, 0.1) is 76.1 Å². The highest BCUT2D eigenvalue weighted by molar-refractivity contribution is 7.18. The summed E-state index contributed by atoms with van der Waals surface area (Å²) < 4.78 is 22.9. The van der Waals surface area contributed by atoms with E-state index in [1.165, 1.54) is 69.8 Å². The van der Waals surface area contributed by atoms with Crippen molar-refractivity contribution in [3.8, 4) is 39.9 Å². The van der Waals surface area contributed by atoms with Crippen molar-refractivity contribution < 1.29 is 8.83 Å². The maximum Gasteiger partial charge on any atom is 0.247 e. The van der Waals surface area contributed by atoms with E-state index in [4.69, 9.17) is 18.8 Å². The Morgan fingerprint density at radius 2 is 0.652 bits per heavy atom. The maximum absolute atomic E-state index is 5.26. The second-order valence-electron chi connectivity index (χ2n) is 31.8. The molecule has 0 N–H and O–H groups in total. The molecule has 0 atom stereocenters. The maximum atomic E-state index is 5.26. The van der Waals surface area contributed by atoms with Gasteiger partial charge in [0.25, 0.3) is 0 Å². The summed E-state index contributed by atoms with van der Waals surface area (Å²) in [5, 5.41) is 21.3. The lowest BCUT2D eigenvalue weighted by Gasteiger charge is -2.11. The molecule has 0 spiro atoms. The number of oxazole rings is 1. The van der Waals surface area contributed by atoms with Gasteiger partial charge in [-0.25, -0.2) is 34.9 Å². The van der Waals surface area contributed by atoms with Crippen LogP contribution in [0.2, 0.25) is 0 Å². The van der Waals surface area contributed by atoms with Crippen molar-refractivity contribution in [3.63, 3.8) is 0 Å². The number of thiazole rings is 1. The molecule has 0 saturated heterocycles. The Morgan fingerprint density at radius 1 is 0.235 bits per heavy atom. The highest BCUT2D eigenvalue weighted by Crippen LogP contribution is 2.38. The van der Waals surface area contributed by atoms with E-state index < -0.39 is 0 Å². The van der Waals surface area contributed by atoms with Crippen LogP contribution in [0.15, 0.2) is 421 Å². The average molecular weight is 1730 g/mol. The van der Waals surface area contributed by atoms with Gasteiger partial charge in [0, 0.05) is 58.3 Å². The number of aryl methyl sites for hydroxylation is 8. The van der Waals surface area contributed by atoms with Gasteiger partial charge in [-0.1, -0.05) is 273 Å². The van der Waals surface area contributed by atoms with Crippen LogP contribution in [-0.4, -0.2) is 67.9 Å². The smallest absolute Gasteiger partial charge is 0.247 e. The normalized spacial score (nSPS) is 11.0. The first kappa shape index (κ1) is 84.6. The summed E-state index contributed by atoms with van der Waals surface area (Å²) in [6.45, 7) is 15.9. The van der Waals surface area contributed by atoms with Crippen LogP contribution in [0.1, 0.15) is 45.9 Å². The quantitative estimate of drug-likeness (QED) is 0.145. The molecule has 0 aliphatic rings. The first-order chi connectivity index (χ1) is 64.8. The van der Waals surface area contributed by atoms with Gasteiger partial charge in [0.1, 0.15) is 34.6 Å². The third-order valence-electron chi connectivity index (χ3n) is 23.0. The summed E-state index contributed by atoms with van der Waals surface area (Å²) in [6.07, 6.45) is 0. The minimum atomic E-state index is 0.577. The number of aromatic nitrogens is 14. The summed E-state index contributed by atoms with van der Waals surface area (Å²) in [7, 11) is 0. The standard InChI is InChI=1S/C22H16N2.3C18H14N2.C14H12N2.C9H8N2O.C8H7NO.C8H7NS/c1-15-23-21-19-13-7-5-11-17(19)18-12-6-8-14-20(18)22(21)24(15)16-9-3-2-4-10-16;1-13-19-16-10-4-5-11-18(16)20(13)17-12-6-8-14-7-2-3-9-15(14)17;1-13-19-17-8-4-5-9-18(17)20(13)16-11-10-14-6-2-3-7-15(14)12-16;1-13-19-17-11-14-7-5-6-8-15(14)12-18(17)20(13)16-9-3-2-4-10-16;1-11-15-13-9-5-6-10-14(13)16(11)12-7-3-2-4-8-12;1-7-10-11-9(12-7)8-5-3-2-4-6-8;2*1-6-9-7-4-2-3-5-8(7)10-6/h2-14H,1H3;3*2-12H,1H3;2-10H,1H3;2-6H,1H3;2*2-5H,1H3. The minimum absolute atomic E-state index is 0.577. The van der Waals surface area contributed by atoms with Crippen LogP contribution in [0.25, 0.3) is 170 Å². The van der Waals surface area contributed by atoms with E-state index in [1.807, 2.05) is 154 Å². The van der Waals surface area contributed by atoms with Crippen molar-refractivity contribution in [2.45, 2.75) is 55.4 Å². The fourth-order valence-electron chi connectivity index (χ4n) is 17.2. The molecule has 16 nitrogen and oxygen atoms in total. The zero-order valence-corrected chi connectivity index (χ0v) is 75.1. The first-order valence-electron chi connectivity index (χ1n) is 43.9. The number of para-hydroxylation sites is 12. The number of hydrogen-bond acceptors (Lipinski definition) is 12. The average Bonchev–Trinajstić information content (AvgIpc) is 1.58. The van der Waals surface area contributed by atoms with Crippen molar-refractivity contribution >= 4 is 142 Å². The van der Waals surface area contributed by atoms with Gasteiger partial charge in [-0.15, -0.1) is 21.5 Å². The van der Waals surface area contributed by atoms with Gasteiger partial charge in [-0.3, -0.25) is 22.8 Å². The van der Waals surface area contributed by atoms with Crippen molar-refractivity contribution in [2.75, 3.05) is 0 Å². The fraction of sp³-hybridized carbons (Fsp3) is 0.0696. The molecule has 26 aromatic rings. The molecule has 8 heterocycles. The predicted molar refractivity (Wildman–Crippen MR) is 544 cm³/mol. The Morgan fingerprint density at radius 3 is 1.23 bits per heavy atom. The molecule has 18 aromatic carbocycles. The molecular formula is C115H92N14O2S. The van der Waals surface area contributed by atoms with E-state index in [-0.39, 0.29) is 0 Å². The highest BCUT2D eigenvalue weighted by Gasteiger charge is 2.19. The molecule has 26 rings (SSSR count). The van der Waals surface area contributed by atoms with Gasteiger partial charge in [0.15, 0.2) is 11.5 Å². The van der Waals surface area contributed by atoms with Crippen LogP contribution in [-0.2, 0) is 0 Å². The highest BCUT2D eigenvalue weighted by atomic mass is 32.1. The molecule has 0 unspecified atom stereocenters. The van der Waals surface area contributed by atoms with Gasteiger partial charge >= 0.3 is 0 Å². The zero-order chi connectivity index (χ0) is 90.0. The van der Waals surface area contributed by atoms with Crippen molar-refractivity contribution in [1.29, 1.82) is 0 Å². The molecule has 0 fully saturated rings. The minimum Gasteiger partial charge on any atom is -0.441 e. The molecule has 132 heavy (non-hydrogen) atoms. The third kappa shape index (κ3) is 18.0. The predicted octanol–water partition coefficient (Wildman–Crippen LogP) is 29.2. The summed E-state index contributed by atoms with van der Waals surface area (Å²) >= 11 is 1.74. The topological polar surface area (TPSA) is 167 Å². The van der Waals surface area contributed by atoms with Crippen LogP contribution < -0.4 is 0 Å². The number of hydrogen-bond donors (Lipinski definition) is 0. The Labute approximate surface area is 767 Å². The van der Waals surface area contributed by atoms with Gasteiger partial charge in [-0.05, 0) is 219 Å². The van der Waals surface area contributed by atoms with Crippen LogP contribution in [0.5, 0.6) is 0 Å². The van der Waals surface area contributed by atoms with Crippen molar-refractivity contribution in [2.24, 2.45) is 0 Å². The van der Waals surface area contributed by atoms with Crippen LogP contribution in [0.4, 0.5) is 0 Å². The Balaban J connectivity index is 0.0000000989. The van der Waals surface area contributed by atoms with E-state index in [0.717, 1.165) is 135 Å². The largest absolute Gasteiger partial charge is 0.441 e. The molecule has 0 radical (unpaired) electrons. The monoisotopic (exact) mass is 1730 g/mol. The Hall–Kier alpha value is -16.9. The van der Waals surface area contributed by atoms with Crippen molar-refractivity contribution in [1.82, 2.24) is 67.9 Å². The Kier molecular flexibility index (Phi) is 24.6. The molecule has 0 amide bonds. The van der Waals surface area contributed by atoms with Crippen molar-refractivity contribution in [3.05, 3.63) is 458 Å². The summed E-state index contributed by atoms with van der Waals surface area (Å²) in [4.78, 5) is 32.0.